The van der Waals surface area contributed by atoms with Crippen molar-refractivity contribution in [3.8, 4) is 0 Å². The van der Waals surface area contributed by atoms with E-state index in [2.05, 4.69) is 6.92 Å². The molecule has 0 fully saturated rings. The van der Waals surface area contributed by atoms with Crippen molar-refractivity contribution in [1.82, 2.24) is 0 Å². The first-order valence-electron chi connectivity index (χ1n) is 6.23. The summed E-state index contributed by atoms with van der Waals surface area (Å²) in [6.45, 7) is 2.24. The third-order valence-corrected chi connectivity index (χ3v) is 4.81. The molecular weight excluding hydrogens is 240 g/mol. The zero-order valence-corrected chi connectivity index (χ0v) is 11.9. The molecule has 0 radical (unpaired) electrons. The van der Waals surface area contributed by atoms with Gasteiger partial charge in [-0.05, 0) is 6.42 Å². The van der Waals surface area contributed by atoms with Gasteiger partial charge in [0.2, 0.25) is 0 Å². The molecule has 2 nitrogen and oxygen atoms in total. The second kappa shape index (κ2) is 13.2. The smallest absolute Gasteiger partial charge is 0.304 e. The van der Waals surface area contributed by atoms with Crippen molar-refractivity contribution in [1.29, 1.82) is 0 Å². The number of unbranched alkanes of at least 4 members (excludes halogenated alkanes) is 6. The third kappa shape index (κ3) is 14.2. The Hall–Kier alpha value is 0.170. The summed E-state index contributed by atoms with van der Waals surface area (Å²) < 4.78 is 0. The molecule has 0 rings (SSSR count). The summed E-state index contributed by atoms with van der Waals surface area (Å²) >= 11 is 0. The maximum absolute atomic E-state index is 10.2. The van der Waals surface area contributed by atoms with Gasteiger partial charge >= 0.3 is 5.97 Å². The van der Waals surface area contributed by atoms with Crippen molar-refractivity contribution in [2.24, 2.45) is 0 Å². The summed E-state index contributed by atoms with van der Waals surface area (Å²) in [4.78, 5) is 10.2. The number of aliphatic carboxylic acids is 1. The maximum Gasteiger partial charge on any atom is 0.304 e. The molecule has 0 amide bonds. The topological polar surface area (TPSA) is 37.3 Å². The van der Waals surface area contributed by atoms with Gasteiger partial charge in [-0.3, -0.25) is 4.79 Å². The number of rotatable bonds is 12. The van der Waals surface area contributed by atoms with E-state index < -0.39 is 5.97 Å². The van der Waals surface area contributed by atoms with Crippen LogP contribution in [0.5, 0.6) is 0 Å². The third-order valence-electron chi connectivity index (χ3n) is 2.31. The van der Waals surface area contributed by atoms with Gasteiger partial charge < -0.3 is 5.11 Å². The van der Waals surface area contributed by atoms with Crippen molar-refractivity contribution in [3.63, 3.8) is 0 Å². The van der Waals surface area contributed by atoms with Gasteiger partial charge in [-0.25, -0.2) is 0 Å². The number of carboxylic acids is 1. The molecular formula is C12H24O2S2. The molecule has 0 aliphatic heterocycles. The number of carboxylic acid groups (broad SMARTS) is 1. The average Bonchev–Trinajstić information content (AvgIpc) is 2.25. The number of hydrogen-bond donors (Lipinski definition) is 1. The summed E-state index contributed by atoms with van der Waals surface area (Å²) in [7, 11) is 3.51. The lowest BCUT2D eigenvalue weighted by Crippen LogP contribution is -1.94. The van der Waals surface area contributed by atoms with E-state index in [9.17, 15) is 4.79 Å². The molecule has 96 valence electrons. The van der Waals surface area contributed by atoms with E-state index in [1.54, 1.807) is 10.8 Å². The molecule has 0 aromatic heterocycles. The zero-order chi connectivity index (χ0) is 12.1. The lowest BCUT2D eigenvalue weighted by Gasteiger charge is -2.01. The van der Waals surface area contributed by atoms with E-state index in [-0.39, 0.29) is 6.42 Å². The molecule has 1 N–H and O–H groups in total. The molecule has 0 aromatic carbocycles. The van der Waals surface area contributed by atoms with Crippen LogP contribution < -0.4 is 0 Å². The van der Waals surface area contributed by atoms with E-state index in [1.807, 2.05) is 10.8 Å². The minimum Gasteiger partial charge on any atom is -0.481 e. The molecule has 16 heavy (non-hydrogen) atoms. The number of carbonyl (C=O) groups is 1. The fraction of sp³-hybridized carbons (Fsp3) is 0.917. The van der Waals surface area contributed by atoms with Gasteiger partial charge in [-0.2, -0.15) is 0 Å². The summed E-state index contributed by atoms with van der Waals surface area (Å²) in [6.07, 6.45) is 9.71. The van der Waals surface area contributed by atoms with Crippen molar-refractivity contribution in [2.45, 2.75) is 58.3 Å². The highest BCUT2D eigenvalue weighted by Gasteiger charge is 1.97. The van der Waals surface area contributed by atoms with Crippen LogP contribution in [0.3, 0.4) is 0 Å². The van der Waals surface area contributed by atoms with Crippen molar-refractivity contribution in [2.75, 3.05) is 11.5 Å². The van der Waals surface area contributed by atoms with Crippen LogP contribution in [-0.4, -0.2) is 22.6 Å². The van der Waals surface area contributed by atoms with Gasteiger partial charge in [0.05, 0.1) is 6.42 Å². The van der Waals surface area contributed by atoms with E-state index in [1.165, 1.54) is 44.9 Å². The van der Waals surface area contributed by atoms with Crippen molar-refractivity contribution in [3.05, 3.63) is 0 Å². The molecule has 0 aliphatic rings. The Morgan fingerprint density at radius 2 is 1.50 bits per heavy atom. The van der Waals surface area contributed by atoms with Crippen LogP contribution >= 0.6 is 21.6 Å². The van der Waals surface area contributed by atoms with Crippen LogP contribution in [0.15, 0.2) is 0 Å². The van der Waals surface area contributed by atoms with Crippen LogP contribution in [-0.2, 0) is 4.79 Å². The molecule has 0 saturated heterocycles. The van der Waals surface area contributed by atoms with E-state index in [0.29, 0.717) is 0 Å². The normalized spacial score (nSPS) is 10.6. The average molecular weight is 264 g/mol. The fourth-order valence-electron chi connectivity index (χ4n) is 1.36. The lowest BCUT2D eigenvalue weighted by atomic mass is 10.1. The Balaban J connectivity index is 2.90. The van der Waals surface area contributed by atoms with Crippen molar-refractivity contribution >= 4 is 27.6 Å². The minimum absolute atomic E-state index is 0.286. The van der Waals surface area contributed by atoms with Gasteiger partial charge in [0.1, 0.15) is 0 Å². The lowest BCUT2D eigenvalue weighted by molar-refractivity contribution is -0.136. The Bertz CT molecular complexity index is 163. The molecule has 0 spiro atoms. The first-order valence-corrected chi connectivity index (χ1v) is 8.72. The van der Waals surface area contributed by atoms with E-state index in [4.69, 9.17) is 5.11 Å². The Kier molecular flexibility index (Phi) is 13.4. The van der Waals surface area contributed by atoms with Crippen LogP contribution in [0, 0.1) is 0 Å². The maximum atomic E-state index is 10.2. The summed E-state index contributed by atoms with van der Waals surface area (Å²) in [5, 5.41) is 8.43. The number of hydrogen-bond acceptors (Lipinski definition) is 3. The van der Waals surface area contributed by atoms with Gasteiger partial charge in [-0.1, -0.05) is 67.0 Å². The Morgan fingerprint density at radius 3 is 2.12 bits per heavy atom. The fourth-order valence-corrected chi connectivity index (χ4v) is 3.49. The summed E-state index contributed by atoms with van der Waals surface area (Å²) in [5.74, 6) is 1.21. The van der Waals surface area contributed by atoms with Crippen LogP contribution in [0.25, 0.3) is 0 Å². The first kappa shape index (κ1) is 16.2. The molecule has 0 heterocycles. The monoisotopic (exact) mass is 264 g/mol. The Labute approximate surface area is 107 Å². The van der Waals surface area contributed by atoms with Gasteiger partial charge in [0.15, 0.2) is 0 Å². The van der Waals surface area contributed by atoms with Gasteiger partial charge in [0, 0.05) is 11.5 Å². The quantitative estimate of drug-likeness (QED) is 0.413. The summed E-state index contributed by atoms with van der Waals surface area (Å²) in [5.41, 5.74) is 0. The molecule has 0 aromatic rings. The summed E-state index contributed by atoms with van der Waals surface area (Å²) in [6, 6.07) is 0. The van der Waals surface area contributed by atoms with Crippen LogP contribution in [0.4, 0.5) is 0 Å². The molecule has 0 bridgehead atoms. The second-order valence-electron chi connectivity index (χ2n) is 3.91. The molecule has 0 atom stereocenters. The predicted molar refractivity (Wildman–Crippen MR) is 75.2 cm³/mol. The van der Waals surface area contributed by atoms with E-state index >= 15 is 0 Å². The highest BCUT2D eigenvalue weighted by Crippen LogP contribution is 2.23. The Morgan fingerprint density at radius 1 is 0.938 bits per heavy atom. The van der Waals surface area contributed by atoms with E-state index in [0.717, 1.165) is 11.5 Å². The molecule has 0 unspecified atom stereocenters. The molecule has 0 aliphatic carbocycles. The zero-order valence-electron chi connectivity index (χ0n) is 10.2. The highest BCUT2D eigenvalue weighted by atomic mass is 33.1. The SMILES string of the molecule is CCCCCCCCCSSCCC(=O)O. The van der Waals surface area contributed by atoms with Crippen LogP contribution in [0.1, 0.15) is 58.3 Å². The van der Waals surface area contributed by atoms with Crippen molar-refractivity contribution < 1.29 is 9.90 Å². The predicted octanol–water partition coefficient (Wildman–Crippen LogP) is 4.59. The molecule has 4 heteroatoms. The second-order valence-corrected chi connectivity index (χ2v) is 6.61. The van der Waals surface area contributed by atoms with Gasteiger partial charge in [0.25, 0.3) is 0 Å². The van der Waals surface area contributed by atoms with Crippen LogP contribution in [0.2, 0.25) is 0 Å². The standard InChI is InChI=1S/C12H24O2S2/c1-2-3-4-5-6-7-8-10-15-16-11-9-12(13)14/h2-11H2,1H3,(H,13,14). The highest BCUT2D eigenvalue weighted by molar-refractivity contribution is 8.76. The molecule has 0 saturated carbocycles. The van der Waals surface area contributed by atoms with Gasteiger partial charge in [-0.15, -0.1) is 0 Å². The minimum atomic E-state index is -0.691. The largest absolute Gasteiger partial charge is 0.481 e. The first-order chi connectivity index (χ1) is 7.77.